The Morgan fingerprint density at radius 2 is 2.35 bits per heavy atom. The Bertz CT molecular complexity index is 461. The third-order valence-electron chi connectivity index (χ3n) is 3.77. The highest BCUT2D eigenvalue weighted by molar-refractivity contribution is 6.00. The van der Waals surface area contributed by atoms with Gasteiger partial charge in [-0.15, -0.1) is 0 Å². The Labute approximate surface area is 101 Å². The van der Waals surface area contributed by atoms with Crippen LogP contribution in [0.4, 0.5) is 0 Å². The molecule has 3 nitrogen and oxygen atoms in total. The molecule has 1 aromatic rings. The number of Topliss-reactive ketones (excluding diaryl/α,β-unsaturated/α-hetero) is 1. The molecule has 1 atom stereocenters. The minimum absolute atomic E-state index is 0.227. The van der Waals surface area contributed by atoms with E-state index in [2.05, 4.69) is 12.2 Å². The molecular weight excluding hydrogens is 214 g/mol. The van der Waals surface area contributed by atoms with E-state index in [1.807, 2.05) is 18.2 Å². The van der Waals surface area contributed by atoms with Gasteiger partial charge in [0.2, 0.25) is 0 Å². The SMILES string of the molecule is CCc1ccc2c(c1)C(=O)CC1(CCNC1)O2. The van der Waals surface area contributed by atoms with Crippen molar-refractivity contribution in [3.63, 3.8) is 0 Å². The van der Waals surface area contributed by atoms with Crippen molar-refractivity contribution in [1.29, 1.82) is 0 Å². The Balaban J connectivity index is 1.99. The number of carbonyl (C=O) groups excluding carboxylic acids is 1. The number of carbonyl (C=O) groups is 1. The first kappa shape index (κ1) is 10.8. The molecule has 3 rings (SSSR count). The first-order chi connectivity index (χ1) is 8.22. The fourth-order valence-corrected chi connectivity index (χ4v) is 2.72. The van der Waals surface area contributed by atoms with Gasteiger partial charge in [-0.1, -0.05) is 13.0 Å². The van der Waals surface area contributed by atoms with Crippen LogP contribution in [-0.2, 0) is 6.42 Å². The molecular formula is C14H17NO2. The van der Waals surface area contributed by atoms with Crippen molar-refractivity contribution in [2.24, 2.45) is 0 Å². The first-order valence-corrected chi connectivity index (χ1v) is 6.28. The molecule has 0 saturated carbocycles. The molecule has 0 amide bonds. The molecule has 1 spiro atoms. The lowest BCUT2D eigenvalue weighted by Crippen LogP contribution is -2.43. The number of nitrogens with one attached hydrogen (secondary N) is 1. The highest BCUT2D eigenvalue weighted by atomic mass is 16.5. The molecule has 17 heavy (non-hydrogen) atoms. The van der Waals surface area contributed by atoms with Crippen LogP contribution >= 0.6 is 0 Å². The summed E-state index contributed by atoms with van der Waals surface area (Å²) in [4.78, 5) is 12.2. The van der Waals surface area contributed by atoms with Gasteiger partial charge < -0.3 is 10.1 Å². The summed E-state index contributed by atoms with van der Waals surface area (Å²) in [5, 5.41) is 3.28. The third-order valence-corrected chi connectivity index (χ3v) is 3.77. The molecule has 90 valence electrons. The number of fused-ring (bicyclic) bond motifs is 1. The largest absolute Gasteiger partial charge is 0.485 e. The zero-order valence-corrected chi connectivity index (χ0v) is 10.1. The van der Waals surface area contributed by atoms with Gasteiger partial charge in [-0.2, -0.15) is 0 Å². The highest BCUT2D eigenvalue weighted by Gasteiger charge is 2.42. The summed E-state index contributed by atoms with van der Waals surface area (Å²) < 4.78 is 6.07. The van der Waals surface area contributed by atoms with Crippen molar-refractivity contribution >= 4 is 5.78 Å². The predicted octanol–water partition coefficient (Wildman–Crippen LogP) is 1.95. The van der Waals surface area contributed by atoms with Gasteiger partial charge in [0, 0.05) is 13.0 Å². The van der Waals surface area contributed by atoms with Crippen LogP contribution in [0.2, 0.25) is 0 Å². The average molecular weight is 231 g/mol. The van der Waals surface area contributed by atoms with Crippen LogP contribution in [0.15, 0.2) is 18.2 Å². The van der Waals surface area contributed by atoms with Crippen LogP contribution < -0.4 is 10.1 Å². The van der Waals surface area contributed by atoms with Gasteiger partial charge in [0.05, 0.1) is 12.0 Å². The number of hydrogen-bond donors (Lipinski definition) is 1. The second-order valence-electron chi connectivity index (χ2n) is 5.00. The zero-order chi connectivity index (χ0) is 11.9. The monoisotopic (exact) mass is 231 g/mol. The maximum atomic E-state index is 12.2. The lowest BCUT2D eigenvalue weighted by atomic mass is 9.88. The van der Waals surface area contributed by atoms with Gasteiger partial charge in [0.1, 0.15) is 11.4 Å². The molecule has 0 aromatic heterocycles. The normalized spacial score (nSPS) is 27.0. The maximum Gasteiger partial charge on any atom is 0.170 e. The van der Waals surface area contributed by atoms with Crippen molar-refractivity contribution in [2.75, 3.05) is 13.1 Å². The van der Waals surface area contributed by atoms with E-state index in [0.29, 0.717) is 6.42 Å². The Kier molecular flexibility index (Phi) is 2.44. The maximum absolute atomic E-state index is 12.2. The summed E-state index contributed by atoms with van der Waals surface area (Å²) in [6.45, 7) is 3.82. The molecule has 3 heteroatoms. The van der Waals surface area contributed by atoms with Crippen LogP contribution in [0, 0.1) is 0 Å². The standard InChI is InChI=1S/C14H17NO2/c1-2-10-3-4-13-11(7-10)12(16)8-14(17-13)5-6-15-9-14/h3-4,7,15H,2,5-6,8-9H2,1H3. The second-order valence-corrected chi connectivity index (χ2v) is 5.00. The van der Waals surface area contributed by atoms with Crippen LogP contribution in [0.3, 0.4) is 0 Å². The van der Waals surface area contributed by atoms with Crippen molar-refractivity contribution in [1.82, 2.24) is 5.32 Å². The fourth-order valence-electron chi connectivity index (χ4n) is 2.72. The van der Waals surface area contributed by atoms with E-state index in [4.69, 9.17) is 4.74 Å². The van der Waals surface area contributed by atoms with E-state index in [9.17, 15) is 4.79 Å². The number of aryl methyl sites for hydroxylation is 1. The molecule has 0 bridgehead atoms. The zero-order valence-electron chi connectivity index (χ0n) is 10.1. The van der Waals surface area contributed by atoms with Crippen LogP contribution in [0.5, 0.6) is 5.75 Å². The molecule has 2 heterocycles. The highest BCUT2D eigenvalue weighted by Crippen LogP contribution is 2.36. The molecule has 1 fully saturated rings. The Morgan fingerprint density at radius 1 is 1.47 bits per heavy atom. The Hall–Kier alpha value is -1.35. The van der Waals surface area contributed by atoms with E-state index in [1.165, 1.54) is 5.56 Å². The minimum atomic E-state index is -0.280. The number of rotatable bonds is 1. The third kappa shape index (κ3) is 1.75. The summed E-state index contributed by atoms with van der Waals surface area (Å²) in [5.41, 5.74) is 1.68. The van der Waals surface area contributed by atoms with Crippen molar-refractivity contribution < 1.29 is 9.53 Å². The first-order valence-electron chi connectivity index (χ1n) is 6.28. The van der Waals surface area contributed by atoms with Gasteiger partial charge in [-0.25, -0.2) is 0 Å². The molecule has 1 saturated heterocycles. The number of ketones is 1. The van der Waals surface area contributed by atoms with Crippen LogP contribution in [0.25, 0.3) is 0 Å². The van der Waals surface area contributed by atoms with E-state index >= 15 is 0 Å². The van der Waals surface area contributed by atoms with E-state index in [0.717, 1.165) is 37.2 Å². The Morgan fingerprint density at radius 3 is 3.06 bits per heavy atom. The summed E-state index contributed by atoms with van der Waals surface area (Å²) in [5.74, 6) is 0.993. The quantitative estimate of drug-likeness (QED) is 0.802. The van der Waals surface area contributed by atoms with Crippen molar-refractivity contribution in [3.8, 4) is 5.75 Å². The van der Waals surface area contributed by atoms with Gasteiger partial charge in [0.15, 0.2) is 5.78 Å². The summed E-state index contributed by atoms with van der Waals surface area (Å²) in [6.07, 6.45) is 2.39. The smallest absolute Gasteiger partial charge is 0.170 e. The van der Waals surface area contributed by atoms with Crippen molar-refractivity contribution in [3.05, 3.63) is 29.3 Å². The van der Waals surface area contributed by atoms with Gasteiger partial charge in [-0.3, -0.25) is 4.79 Å². The lowest BCUT2D eigenvalue weighted by molar-refractivity contribution is 0.0528. The summed E-state index contributed by atoms with van der Waals surface area (Å²) >= 11 is 0. The molecule has 2 aliphatic rings. The van der Waals surface area contributed by atoms with Gasteiger partial charge in [-0.05, 0) is 30.7 Å². The van der Waals surface area contributed by atoms with Crippen LogP contribution in [-0.4, -0.2) is 24.5 Å². The average Bonchev–Trinajstić information content (AvgIpc) is 2.77. The molecule has 0 radical (unpaired) electrons. The van der Waals surface area contributed by atoms with Gasteiger partial charge >= 0.3 is 0 Å². The lowest BCUT2D eigenvalue weighted by Gasteiger charge is -2.34. The molecule has 1 N–H and O–H groups in total. The molecule has 0 aliphatic carbocycles. The number of ether oxygens (including phenoxy) is 1. The summed E-state index contributed by atoms with van der Waals surface area (Å²) in [7, 11) is 0. The topological polar surface area (TPSA) is 38.3 Å². The van der Waals surface area contributed by atoms with E-state index in [-0.39, 0.29) is 11.4 Å². The summed E-state index contributed by atoms with van der Waals surface area (Å²) in [6, 6.07) is 5.98. The molecule has 2 aliphatic heterocycles. The number of benzene rings is 1. The van der Waals surface area contributed by atoms with Gasteiger partial charge in [0.25, 0.3) is 0 Å². The molecule has 1 unspecified atom stereocenters. The predicted molar refractivity (Wildman–Crippen MR) is 65.6 cm³/mol. The minimum Gasteiger partial charge on any atom is -0.485 e. The second kappa shape index (κ2) is 3.84. The van der Waals surface area contributed by atoms with E-state index < -0.39 is 0 Å². The van der Waals surface area contributed by atoms with Crippen LogP contribution in [0.1, 0.15) is 35.7 Å². The van der Waals surface area contributed by atoms with Crippen molar-refractivity contribution in [2.45, 2.75) is 31.8 Å². The molecule has 1 aromatic carbocycles. The number of hydrogen-bond acceptors (Lipinski definition) is 3. The fraction of sp³-hybridized carbons (Fsp3) is 0.500. The van der Waals surface area contributed by atoms with E-state index in [1.54, 1.807) is 0 Å².